The van der Waals surface area contributed by atoms with Crippen LogP contribution in [0.25, 0.3) is 0 Å². The summed E-state index contributed by atoms with van der Waals surface area (Å²) in [6.45, 7) is 0. The third kappa shape index (κ3) is 1.99. The molecule has 0 aliphatic rings. The van der Waals surface area contributed by atoms with E-state index < -0.39 is 32.8 Å². The highest BCUT2D eigenvalue weighted by molar-refractivity contribution is 7.89. The molecule has 0 fully saturated rings. The van der Waals surface area contributed by atoms with E-state index in [1.165, 1.54) is 0 Å². The Morgan fingerprint density at radius 2 is 1.91 bits per heavy atom. The number of hydrogen-bond donors (Lipinski definition) is 1. The third-order valence-electron chi connectivity index (χ3n) is 0.967. The Morgan fingerprint density at radius 3 is 2.27 bits per heavy atom. The number of rotatable bonds is 1. The van der Waals surface area contributed by atoms with E-state index in [0.29, 0.717) is 12.1 Å². The van der Waals surface area contributed by atoms with Crippen molar-refractivity contribution >= 4 is 10.0 Å². The normalized spacial score (nSPS) is 14.0. The molecule has 1 rings (SSSR count). The quantitative estimate of drug-likeness (QED) is 0.678. The molecule has 0 saturated heterocycles. The lowest BCUT2D eigenvalue weighted by molar-refractivity contribution is 0.596. The molecule has 0 saturated carbocycles. The Hall–Kier alpha value is -0.940. The molecule has 2 N–H and O–H groups in total. The van der Waals surface area contributed by atoms with Gasteiger partial charge in [-0.15, -0.1) is 0 Å². The summed E-state index contributed by atoms with van der Waals surface area (Å²) in [7, 11) is -4.12. The minimum atomic E-state index is -4.12. The summed E-state index contributed by atoms with van der Waals surface area (Å²) in [5, 5.41) is 4.72. The Bertz CT molecular complexity index is 423. The molecule has 0 spiro atoms. The highest BCUT2D eigenvalue weighted by Crippen LogP contribution is 2.06. The second kappa shape index (κ2) is 2.60. The molecule has 5 heteroatoms. The zero-order valence-electron chi connectivity index (χ0n) is 7.33. The lowest BCUT2D eigenvalue weighted by atomic mass is 10.4. The summed E-state index contributed by atoms with van der Waals surface area (Å²) >= 11 is 0. The Balaban J connectivity index is 3.57. The molecular weight excluding hydrogens is 169 g/mol. The average Bonchev–Trinajstić information content (AvgIpc) is 1.78. The van der Waals surface area contributed by atoms with Gasteiger partial charge in [0.1, 0.15) is 5.82 Å². The molecule has 0 heterocycles. The lowest BCUT2D eigenvalue weighted by Gasteiger charge is -1.95. The third-order valence-corrected chi connectivity index (χ3v) is 1.77. The predicted molar refractivity (Wildman–Crippen MR) is 37.8 cm³/mol. The summed E-state index contributed by atoms with van der Waals surface area (Å²) in [4.78, 5) is -0.658. The van der Waals surface area contributed by atoms with E-state index >= 15 is 0 Å². The maximum absolute atomic E-state index is 12.5. The standard InChI is InChI=1S/C6H6FNO2S/c7-5-1-3-6(4-2-5)11(8,9)10/h1-4H,(H2,8,9,10)/i3D,4D. The van der Waals surface area contributed by atoms with Gasteiger partial charge in [0.05, 0.1) is 7.64 Å². The fraction of sp³-hybridized carbons (Fsp3) is 0. The first kappa shape index (κ1) is 5.68. The number of sulfonamides is 1. The van der Waals surface area contributed by atoms with Crippen molar-refractivity contribution in [2.24, 2.45) is 5.14 Å². The van der Waals surface area contributed by atoms with Gasteiger partial charge in [-0.25, -0.2) is 17.9 Å². The highest BCUT2D eigenvalue weighted by atomic mass is 32.2. The number of halogens is 1. The lowest BCUT2D eigenvalue weighted by Crippen LogP contribution is -2.11. The topological polar surface area (TPSA) is 60.2 Å². The van der Waals surface area contributed by atoms with Gasteiger partial charge in [0.15, 0.2) is 0 Å². The van der Waals surface area contributed by atoms with Crippen molar-refractivity contribution in [3.63, 3.8) is 0 Å². The smallest absolute Gasteiger partial charge is 0.225 e. The Morgan fingerprint density at radius 1 is 1.45 bits per heavy atom. The molecule has 0 bridgehead atoms. The highest BCUT2D eigenvalue weighted by Gasteiger charge is 2.05. The van der Waals surface area contributed by atoms with Crippen LogP contribution in [0, 0.1) is 5.82 Å². The first-order chi connectivity index (χ1) is 5.82. The zero-order valence-corrected chi connectivity index (χ0v) is 6.15. The van der Waals surface area contributed by atoms with Gasteiger partial charge < -0.3 is 0 Å². The minimum Gasteiger partial charge on any atom is -0.225 e. The van der Waals surface area contributed by atoms with Crippen LogP contribution >= 0.6 is 0 Å². The second-order valence-corrected chi connectivity index (χ2v) is 3.33. The molecule has 0 aliphatic heterocycles. The van der Waals surface area contributed by atoms with Gasteiger partial charge in [-0.3, -0.25) is 0 Å². The summed E-state index contributed by atoms with van der Waals surface area (Å²) in [5.74, 6) is -0.831. The number of hydrogen-bond acceptors (Lipinski definition) is 2. The second-order valence-electron chi connectivity index (χ2n) is 1.84. The molecule has 3 nitrogen and oxygen atoms in total. The average molecular weight is 177 g/mol. The zero-order chi connectivity index (χ0) is 10.2. The number of primary sulfonamides is 1. The fourth-order valence-corrected chi connectivity index (χ4v) is 0.963. The van der Waals surface area contributed by atoms with Gasteiger partial charge in [0, 0.05) is 0 Å². The van der Waals surface area contributed by atoms with E-state index in [4.69, 9.17) is 7.88 Å². The summed E-state index contributed by atoms with van der Waals surface area (Å²) in [6.07, 6.45) is 0. The van der Waals surface area contributed by atoms with Gasteiger partial charge >= 0.3 is 0 Å². The molecular formula is C6H6FNO2S. The van der Waals surface area contributed by atoms with Crippen LogP contribution in [-0.4, -0.2) is 8.42 Å². The molecule has 0 unspecified atom stereocenters. The van der Waals surface area contributed by atoms with Crippen LogP contribution in [0.15, 0.2) is 29.1 Å². The van der Waals surface area contributed by atoms with Crippen molar-refractivity contribution in [3.05, 3.63) is 30.0 Å². The molecule has 60 valence electrons. The molecule has 0 atom stereocenters. The van der Waals surface area contributed by atoms with E-state index in [9.17, 15) is 12.8 Å². The predicted octanol–water partition coefficient (Wildman–Crippen LogP) is 0.473. The number of nitrogens with two attached hydrogens (primary N) is 1. The van der Waals surface area contributed by atoms with Crippen molar-refractivity contribution in [2.45, 2.75) is 4.90 Å². The van der Waals surface area contributed by atoms with Gasteiger partial charge in [-0.2, -0.15) is 0 Å². The van der Waals surface area contributed by atoms with Crippen LogP contribution in [0.1, 0.15) is 2.74 Å². The molecule has 0 aromatic heterocycles. The van der Waals surface area contributed by atoms with Crippen molar-refractivity contribution in [3.8, 4) is 0 Å². The van der Waals surface area contributed by atoms with Crippen molar-refractivity contribution < 1.29 is 15.5 Å². The fourth-order valence-electron chi connectivity index (χ4n) is 0.517. The Kier molecular flexibility index (Phi) is 1.34. The van der Waals surface area contributed by atoms with Crippen molar-refractivity contribution in [1.82, 2.24) is 0 Å². The van der Waals surface area contributed by atoms with Gasteiger partial charge in [0.2, 0.25) is 10.0 Å². The van der Waals surface area contributed by atoms with E-state index in [2.05, 4.69) is 0 Å². The SMILES string of the molecule is [2H]c1cc(F)cc([2H])c1S(N)(=O)=O. The van der Waals surface area contributed by atoms with Crippen LogP contribution in [-0.2, 0) is 10.0 Å². The monoisotopic (exact) mass is 177 g/mol. The first-order valence-corrected chi connectivity index (χ1v) is 4.16. The minimum absolute atomic E-state index is 0.604. The maximum atomic E-state index is 12.5. The summed E-state index contributed by atoms with van der Waals surface area (Å²) < 4.78 is 48.3. The van der Waals surface area contributed by atoms with E-state index in [0.717, 1.165) is 0 Å². The van der Waals surface area contributed by atoms with Crippen LogP contribution in [0.4, 0.5) is 4.39 Å². The molecule has 0 amide bonds. The van der Waals surface area contributed by atoms with Crippen molar-refractivity contribution in [1.29, 1.82) is 0 Å². The summed E-state index contributed by atoms with van der Waals surface area (Å²) in [5.41, 5.74) is 0. The van der Waals surface area contributed by atoms with E-state index in [1.54, 1.807) is 0 Å². The van der Waals surface area contributed by atoms with E-state index in [1.807, 2.05) is 0 Å². The van der Waals surface area contributed by atoms with Crippen LogP contribution in [0.2, 0.25) is 0 Å². The molecule has 11 heavy (non-hydrogen) atoms. The van der Waals surface area contributed by atoms with E-state index in [-0.39, 0.29) is 0 Å². The van der Waals surface area contributed by atoms with Gasteiger partial charge in [0.25, 0.3) is 0 Å². The molecule has 0 aliphatic carbocycles. The largest absolute Gasteiger partial charge is 0.238 e. The van der Waals surface area contributed by atoms with Crippen LogP contribution in [0.3, 0.4) is 0 Å². The van der Waals surface area contributed by atoms with Gasteiger partial charge in [-0.1, -0.05) is 0 Å². The number of benzene rings is 1. The Labute approximate surface area is 66.5 Å². The first-order valence-electron chi connectivity index (χ1n) is 3.62. The molecule has 0 radical (unpaired) electrons. The van der Waals surface area contributed by atoms with Crippen LogP contribution in [0.5, 0.6) is 0 Å². The summed E-state index contributed by atoms with van der Waals surface area (Å²) in [6, 6.07) is 0.176. The van der Waals surface area contributed by atoms with Crippen molar-refractivity contribution in [2.75, 3.05) is 0 Å². The van der Waals surface area contributed by atoms with Crippen LogP contribution < -0.4 is 5.14 Å². The molecule has 1 aromatic carbocycles. The molecule has 1 aromatic rings. The maximum Gasteiger partial charge on any atom is 0.238 e. The van der Waals surface area contributed by atoms with Gasteiger partial charge in [-0.05, 0) is 24.2 Å².